The van der Waals surface area contributed by atoms with Crippen molar-refractivity contribution in [3.8, 4) is 5.75 Å². The van der Waals surface area contributed by atoms with E-state index in [1.54, 1.807) is 30.3 Å². The van der Waals surface area contributed by atoms with Crippen LogP contribution in [-0.2, 0) is 11.2 Å². The highest BCUT2D eigenvalue weighted by molar-refractivity contribution is 6.39. The lowest BCUT2D eigenvalue weighted by atomic mass is 10.1. The first-order chi connectivity index (χ1) is 14.1. The van der Waals surface area contributed by atoms with E-state index in [0.29, 0.717) is 33.8 Å². The Balaban J connectivity index is 1.72. The molecular formula is C23H20Cl2N2O2. The first kappa shape index (κ1) is 20.8. The normalized spacial score (nSPS) is 10.3. The molecule has 29 heavy (non-hydrogen) atoms. The van der Waals surface area contributed by atoms with Crippen molar-refractivity contribution >= 4 is 46.2 Å². The van der Waals surface area contributed by atoms with Crippen molar-refractivity contribution in [3.05, 3.63) is 95.0 Å². The predicted octanol–water partition coefficient (Wildman–Crippen LogP) is 6.48. The Morgan fingerprint density at radius 2 is 1.72 bits per heavy atom. The van der Waals surface area contributed by atoms with Crippen LogP contribution >= 0.6 is 23.2 Å². The second-order valence-electron chi connectivity index (χ2n) is 6.23. The lowest BCUT2D eigenvalue weighted by Gasteiger charge is -2.14. The molecule has 0 fully saturated rings. The maximum absolute atomic E-state index is 12.6. The average molecular weight is 427 g/mol. The SMILES string of the molecule is C=CCOc1cccc(NC(=O)Cc2ccccc2Nc2c(Cl)cccc2Cl)c1. The molecule has 1 amide bonds. The number of hydrogen-bond donors (Lipinski definition) is 2. The third kappa shape index (κ3) is 5.76. The van der Waals surface area contributed by atoms with E-state index in [9.17, 15) is 4.79 Å². The van der Waals surface area contributed by atoms with E-state index in [4.69, 9.17) is 27.9 Å². The molecule has 0 aliphatic carbocycles. The number of carbonyl (C=O) groups is 1. The van der Waals surface area contributed by atoms with Gasteiger partial charge in [-0.25, -0.2) is 0 Å². The molecule has 6 heteroatoms. The first-order valence-corrected chi connectivity index (χ1v) is 9.75. The second kappa shape index (κ2) is 10.0. The first-order valence-electron chi connectivity index (χ1n) is 8.99. The summed E-state index contributed by atoms with van der Waals surface area (Å²) in [7, 11) is 0. The topological polar surface area (TPSA) is 50.4 Å². The number of anilines is 3. The lowest BCUT2D eigenvalue weighted by molar-refractivity contribution is -0.115. The van der Waals surface area contributed by atoms with Crippen LogP contribution in [0.4, 0.5) is 17.1 Å². The summed E-state index contributed by atoms with van der Waals surface area (Å²) in [6, 6.07) is 20.1. The van der Waals surface area contributed by atoms with Crippen LogP contribution in [0.1, 0.15) is 5.56 Å². The zero-order valence-corrected chi connectivity index (χ0v) is 17.1. The van der Waals surface area contributed by atoms with Gasteiger partial charge in [-0.1, -0.05) is 66.2 Å². The van der Waals surface area contributed by atoms with Crippen molar-refractivity contribution in [2.45, 2.75) is 6.42 Å². The number of amides is 1. The van der Waals surface area contributed by atoms with Crippen molar-refractivity contribution in [2.75, 3.05) is 17.2 Å². The lowest BCUT2D eigenvalue weighted by Crippen LogP contribution is -2.15. The Morgan fingerprint density at radius 3 is 2.48 bits per heavy atom. The van der Waals surface area contributed by atoms with Gasteiger partial charge < -0.3 is 15.4 Å². The van der Waals surface area contributed by atoms with Gasteiger partial charge in [-0.3, -0.25) is 4.79 Å². The number of halogens is 2. The smallest absolute Gasteiger partial charge is 0.228 e. The molecule has 0 heterocycles. The molecule has 0 bridgehead atoms. The van der Waals surface area contributed by atoms with Gasteiger partial charge in [0.1, 0.15) is 12.4 Å². The van der Waals surface area contributed by atoms with Crippen LogP contribution in [0.15, 0.2) is 79.4 Å². The number of para-hydroxylation sites is 2. The molecule has 4 nitrogen and oxygen atoms in total. The van der Waals surface area contributed by atoms with E-state index in [2.05, 4.69) is 17.2 Å². The molecule has 3 aromatic rings. The fourth-order valence-electron chi connectivity index (χ4n) is 2.75. The number of nitrogens with one attached hydrogen (secondary N) is 2. The van der Waals surface area contributed by atoms with Gasteiger partial charge >= 0.3 is 0 Å². The van der Waals surface area contributed by atoms with E-state index >= 15 is 0 Å². The van der Waals surface area contributed by atoms with E-state index in [1.807, 2.05) is 42.5 Å². The Labute approximate surface area is 180 Å². The number of ether oxygens (including phenoxy) is 1. The van der Waals surface area contributed by atoms with Crippen LogP contribution in [0.5, 0.6) is 5.75 Å². The molecule has 3 rings (SSSR count). The third-order valence-electron chi connectivity index (χ3n) is 4.08. The molecule has 0 radical (unpaired) electrons. The predicted molar refractivity (Wildman–Crippen MR) is 121 cm³/mol. The highest BCUT2D eigenvalue weighted by Crippen LogP contribution is 2.33. The maximum atomic E-state index is 12.6. The molecule has 0 saturated carbocycles. The number of carbonyl (C=O) groups excluding carboxylic acids is 1. The van der Waals surface area contributed by atoms with Crippen molar-refractivity contribution in [1.29, 1.82) is 0 Å². The average Bonchev–Trinajstić information content (AvgIpc) is 2.70. The molecule has 0 aliphatic heterocycles. The highest BCUT2D eigenvalue weighted by atomic mass is 35.5. The van der Waals surface area contributed by atoms with E-state index in [0.717, 1.165) is 11.3 Å². The van der Waals surface area contributed by atoms with Crippen molar-refractivity contribution < 1.29 is 9.53 Å². The monoisotopic (exact) mass is 426 g/mol. The van der Waals surface area contributed by atoms with Gasteiger partial charge in [-0.15, -0.1) is 0 Å². The van der Waals surface area contributed by atoms with Gasteiger partial charge in [0.15, 0.2) is 0 Å². The van der Waals surface area contributed by atoms with Gasteiger partial charge in [0.05, 0.1) is 22.2 Å². The molecule has 0 aromatic heterocycles. The summed E-state index contributed by atoms with van der Waals surface area (Å²) in [5.74, 6) is 0.517. The van der Waals surface area contributed by atoms with Gasteiger partial charge in [0, 0.05) is 17.4 Å². The standard InChI is InChI=1S/C23H20Cl2N2O2/c1-2-13-29-18-9-5-8-17(15-18)26-22(28)14-16-7-3-4-12-21(16)27-23-19(24)10-6-11-20(23)25/h2-12,15,27H,1,13-14H2,(H,26,28). The Morgan fingerprint density at radius 1 is 1.00 bits per heavy atom. The van der Waals surface area contributed by atoms with E-state index in [-0.39, 0.29) is 12.3 Å². The quantitative estimate of drug-likeness (QED) is 0.405. The third-order valence-corrected chi connectivity index (χ3v) is 4.71. The van der Waals surface area contributed by atoms with Crippen LogP contribution in [0.25, 0.3) is 0 Å². The molecule has 2 N–H and O–H groups in total. The fourth-order valence-corrected chi connectivity index (χ4v) is 3.24. The van der Waals surface area contributed by atoms with Crippen LogP contribution in [0.3, 0.4) is 0 Å². The molecule has 0 atom stereocenters. The number of hydrogen-bond acceptors (Lipinski definition) is 3. The minimum absolute atomic E-state index is 0.148. The molecule has 148 valence electrons. The molecule has 0 aliphatic rings. The second-order valence-corrected chi connectivity index (χ2v) is 7.05. The summed E-state index contributed by atoms with van der Waals surface area (Å²) in [5.41, 5.74) is 2.85. The summed E-state index contributed by atoms with van der Waals surface area (Å²) in [6.07, 6.45) is 1.85. The summed E-state index contributed by atoms with van der Waals surface area (Å²) in [6.45, 7) is 4.03. The number of rotatable bonds is 8. The summed E-state index contributed by atoms with van der Waals surface area (Å²) in [4.78, 5) is 12.6. The Bertz CT molecular complexity index is 1000. The van der Waals surface area contributed by atoms with E-state index in [1.165, 1.54) is 0 Å². The molecular weight excluding hydrogens is 407 g/mol. The van der Waals surface area contributed by atoms with Crippen LogP contribution in [-0.4, -0.2) is 12.5 Å². The largest absolute Gasteiger partial charge is 0.489 e. The minimum Gasteiger partial charge on any atom is -0.489 e. The van der Waals surface area contributed by atoms with Gasteiger partial charge in [0.2, 0.25) is 5.91 Å². The summed E-state index contributed by atoms with van der Waals surface area (Å²) < 4.78 is 5.50. The van der Waals surface area contributed by atoms with E-state index < -0.39 is 0 Å². The Hall–Kier alpha value is -2.95. The molecule has 0 saturated heterocycles. The van der Waals surface area contributed by atoms with Gasteiger partial charge in [-0.2, -0.15) is 0 Å². The fraction of sp³-hybridized carbons (Fsp3) is 0.0870. The maximum Gasteiger partial charge on any atom is 0.228 e. The number of benzene rings is 3. The molecule has 0 spiro atoms. The van der Waals surface area contributed by atoms with Crippen LogP contribution in [0, 0.1) is 0 Å². The summed E-state index contributed by atoms with van der Waals surface area (Å²) in [5, 5.41) is 7.15. The van der Waals surface area contributed by atoms with Gasteiger partial charge in [-0.05, 0) is 35.9 Å². The Kier molecular flexibility index (Phi) is 7.17. The van der Waals surface area contributed by atoms with Crippen molar-refractivity contribution in [3.63, 3.8) is 0 Å². The van der Waals surface area contributed by atoms with Crippen molar-refractivity contribution in [2.24, 2.45) is 0 Å². The minimum atomic E-state index is -0.148. The highest BCUT2D eigenvalue weighted by Gasteiger charge is 2.12. The molecule has 0 unspecified atom stereocenters. The summed E-state index contributed by atoms with van der Waals surface area (Å²) >= 11 is 12.5. The van der Waals surface area contributed by atoms with Crippen LogP contribution in [0.2, 0.25) is 10.0 Å². The van der Waals surface area contributed by atoms with Crippen LogP contribution < -0.4 is 15.4 Å². The molecule has 3 aromatic carbocycles. The van der Waals surface area contributed by atoms with Gasteiger partial charge in [0.25, 0.3) is 0 Å². The zero-order valence-electron chi connectivity index (χ0n) is 15.6. The van der Waals surface area contributed by atoms with Crippen molar-refractivity contribution in [1.82, 2.24) is 0 Å². The zero-order chi connectivity index (χ0) is 20.6.